The summed E-state index contributed by atoms with van der Waals surface area (Å²) in [5, 5.41) is 38.7. The van der Waals surface area contributed by atoms with E-state index in [9.17, 15) is 20.4 Å². The Morgan fingerprint density at radius 2 is 1.16 bits per heavy atom. The molecule has 0 unspecified atom stereocenters. The zero-order valence-corrected chi connectivity index (χ0v) is 16.1. The van der Waals surface area contributed by atoms with Gasteiger partial charge in [-0.2, -0.15) is 0 Å². The number of aryl methyl sites for hydroxylation is 2. The minimum absolute atomic E-state index is 0. The van der Waals surface area contributed by atoms with Gasteiger partial charge in [0.2, 0.25) is 0 Å². The Bertz CT molecular complexity index is 670. The van der Waals surface area contributed by atoms with Crippen LogP contribution in [0.5, 0.6) is 11.5 Å². The van der Waals surface area contributed by atoms with Crippen molar-refractivity contribution in [3.05, 3.63) is 46.0 Å². The molecule has 0 aliphatic heterocycles. The van der Waals surface area contributed by atoms with Crippen LogP contribution in [0.1, 0.15) is 33.6 Å². The van der Waals surface area contributed by atoms with Gasteiger partial charge in [0.25, 0.3) is 0 Å². The summed E-state index contributed by atoms with van der Waals surface area (Å²) in [6.07, 6.45) is 3.32. The molecule has 2 aromatic rings. The van der Waals surface area contributed by atoms with Crippen LogP contribution in [0, 0.1) is 13.8 Å². The van der Waals surface area contributed by atoms with E-state index in [1.54, 1.807) is 26.2 Å². The first-order valence-electron chi connectivity index (χ1n) is 7.28. The zero-order valence-electron chi connectivity index (χ0n) is 14.5. The summed E-state index contributed by atoms with van der Waals surface area (Å²) < 4.78 is 0. The maximum atomic E-state index is 9.94. The summed E-state index contributed by atoms with van der Waals surface area (Å²) in [7, 11) is 3.08. The van der Waals surface area contributed by atoms with Crippen molar-refractivity contribution >= 4 is 21.6 Å². The number of nitrogens with zero attached hydrogens (tertiary/aromatic N) is 2. The maximum Gasteiger partial charge on any atom is 1.00 e. The van der Waals surface area contributed by atoms with Crippen molar-refractivity contribution in [1.29, 1.82) is 0 Å². The van der Waals surface area contributed by atoms with Gasteiger partial charge in [-0.3, -0.25) is 9.97 Å². The predicted octanol–water partition coefficient (Wildman–Crippen LogP) is -0.425. The van der Waals surface area contributed by atoms with Gasteiger partial charge in [-0.25, -0.2) is 0 Å². The van der Waals surface area contributed by atoms with E-state index in [0.717, 1.165) is 11.1 Å². The van der Waals surface area contributed by atoms with Crippen molar-refractivity contribution < 1.29 is 39.3 Å². The molecule has 130 valence electrons. The summed E-state index contributed by atoms with van der Waals surface area (Å²) >= 11 is 0. The monoisotopic (exact) mass is 375 g/mol. The molecule has 25 heavy (non-hydrogen) atoms. The topological polar surface area (TPSA) is 107 Å². The molecule has 2 aromatic heterocycles. The Morgan fingerprint density at radius 3 is 1.48 bits per heavy atom. The first kappa shape index (κ1) is 22.2. The normalized spacial score (nSPS) is 10.6. The van der Waals surface area contributed by atoms with Gasteiger partial charge in [-0.1, -0.05) is 21.6 Å². The molecule has 2 rings (SSSR count). The molecule has 9 heteroatoms. The molecule has 6 nitrogen and oxygen atoms in total. The van der Waals surface area contributed by atoms with Crippen LogP contribution >= 0.6 is 21.6 Å². The van der Waals surface area contributed by atoms with Crippen molar-refractivity contribution in [2.24, 2.45) is 0 Å². The van der Waals surface area contributed by atoms with E-state index in [4.69, 9.17) is 0 Å². The van der Waals surface area contributed by atoms with E-state index in [2.05, 4.69) is 9.97 Å². The first-order valence-corrected chi connectivity index (χ1v) is 9.77. The minimum Gasteiger partial charge on any atom is -0.506 e. The molecule has 0 saturated carbocycles. The smallest absolute Gasteiger partial charge is 0.506 e. The van der Waals surface area contributed by atoms with Crippen LogP contribution in [0.3, 0.4) is 0 Å². The van der Waals surface area contributed by atoms with Gasteiger partial charge in [0.15, 0.2) is 0 Å². The molecule has 0 fully saturated rings. The average Bonchev–Trinajstić information content (AvgIpc) is 2.58. The van der Waals surface area contributed by atoms with Crippen LogP contribution < -0.4 is 18.9 Å². The summed E-state index contributed by atoms with van der Waals surface area (Å²) in [4.78, 5) is 8.23. The zero-order chi connectivity index (χ0) is 17.7. The van der Waals surface area contributed by atoms with Crippen molar-refractivity contribution in [3.63, 3.8) is 0 Å². The molecular formula is C16H20LiN2O4S2+. The Kier molecular flexibility index (Phi) is 9.14. The summed E-state index contributed by atoms with van der Waals surface area (Å²) in [5.74, 6) is 1.22. The van der Waals surface area contributed by atoms with E-state index in [0.29, 0.717) is 34.0 Å². The third-order valence-electron chi connectivity index (χ3n) is 3.69. The molecule has 2 heterocycles. The first-order chi connectivity index (χ1) is 11.5. The molecule has 0 aromatic carbocycles. The molecule has 0 aliphatic rings. The number of aliphatic hydroxyl groups is 2. The second kappa shape index (κ2) is 10.3. The number of hydrogen-bond acceptors (Lipinski definition) is 8. The Hall–Kier alpha value is -0.883. The van der Waals surface area contributed by atoms with Gasteiger partial charge in [0.05, 0.1) is 24.6 Å². The van der Waals surface area contributed by atoms with Gasteiger partial charge in [-0.15, -0.1) is 0 Å². The molecular weight excluding hydrogens is 355 g/mol. The number of aliphatic hydroxyl groups excluding tert-OH is 2. The van der Waals surface area contributed by atoms with Crippen molar-refractivity contribution in [1.82, 2.24) is 9.97 Å². The Balaban J connectivity index is 0.00000312. The van der Waals surface area contributed by atoms with Gasteiger partial charge in [0, 0.05) is 35.0 Å². The number of aromatic hydroxyl groups is 2. The molecule has 0 bridgehead atoms. The van der Waals surface area contributed by atoms with Crippen molar-refractivity contribution in [2.75, 3.05) is 0 Å². The van der Waals surface area contributed by atoms with Crippen molar-refractivity contribution in [3.8, 4) is 11.5 Å². The maximum absolute atomic E-state index is 9.94. The molecule has 0 amide bonds. The largest absolute Gasteiger partial charge is 1.00 e. The summed E-state index contributed by atoms with van der Waals surface area (Å²) in [5.41, 5.74) is 3.56. The average molecular weight is 375 g/mol. The molecule has 0 spiro atoms. The second-order valence-electron chi connectivity index (χ2n) is 5.23. The van der Waals surface area contributed by atoms with E-state index < -0.39 is 0 Å². The Labute approximate surface area is 166 Å². The fraction of sp³-hybridized carbons (Fsp3) is 0.375. The molecule has 0 atom stereocenters. The SMILES string of the molecule is Cc1ncc(CSSCc2cnc(C)c(O)c2CO)c(CO)c1O.[Li+]. The van der Waals surface area contributed by atoms with Crippen LogP contribution in [0.2, 0.25) is 0 Å². The summed E-state index contributed by atoms with van der Waals surface area (Å²) in [6.45, 7) is 2.90. The predicted molar refractivity (Wildman–Crippen MR) is 95.7 cm³/mol. The third-order valence-corrected chi connectivity index (χ3v) is 5.92. The van der Waals surface area contributed by atoms with Crippen LogP contribution in [-0.2, 0) is 24.7 Å². The van der Waals surface area contributed by atoms with E-state index in [-0.39, 0.29) is 43.6 Å². The van der Waals surface area contributed by atoms with Crippen LogP contribution in [0.15, 0.2) is 12.4 Å². The fourth-order valence-electron chi connectivity index (χ4n) is 2.18. The van der Waals surface area contributed by atoms with Crippen LogP contribution in [-0.4, -0.2) is 30.4 Å². The minimum atomic E-state index is -0.236. The molecule has 0 saturated heterocycles. The number of rotatable bonds is 7. The van der Waals surface area contributed by atoms with Crippen LogP contribution in [0.25, 0.3) is 0 Å². The number of pyridine rings is 2. The van der Waals surface area contributed by atoms with E-state index in [1.165, 1.54) is 21.6 Å². The quantitative estimate of drug-likeness (QED) is 0.294. The van der Waals surface area contributed by atoms with E-state index >= 15 is 0 Å². The standard InChI is InChI=1S/C16H20N2O4S2.Li/c1-9-15(21)13(5-19)11(3-17-9)7-23-24-8-12-4-18-10(2)16(22)14(12)6-20;/h3-4,19-22H,5-8H2,1-2H3;/q;+1. The van der Waals surface area contributed by atoms with Crippen molar-refractivity contribution in [2.45, 2.75) is 38.6 Å². The molecule has 4 N–H and O–H groups in total. The molecule has 0 radical (unpaired) electrons. The second-order valence-corrected chi connectivity index (χ2v) is 7.70. The van der Waals surface area contributed by atoms with Gasteiger partial charge in [0.1, 0.15) is 11.5 Å². The summed E-state index contributed by atoms with van der Waals surface area (Å²) in [6, 6.07) is 0. The third kappa shape index (κ3) is 5.30. The van der Waals surface area contributed by atoms with E-state index in [1.807, 2.05) is 0 Å². The number of aromatic nitrogens is 2. The van der Waals surface area contributed by atoms with Gasteiger partial charge < -0.3 is 20.4 Å². The Morgan fingerprint density at radius 1 is 0.800 bits per heavy atom. The fourth-order valence-corrected chi connectivity index (χ4v) is 4.36. The van der Waals surface area contributed by atoms with Crippen LogP contribution in [0.4, 0.5) is 0 Å². The van der Waals surface area contributed by atoms with Gasteiger partial charge in [-0.05, 0) is 25.0 Å². The van der Waals surface area contributed by atoms with Gasteiger partial charge >= 0.3 is 18.9 Å². The molecule has 0 aliphatic carbocycles. The number of hydrogen-bond donors (Lipinski definition) is 4.